The summed E-state index contributed by atoms with van der Waals surface area (Å²) < 4.78 is 29.2. The molecule has 0 spiro atoms. The van der Waals surface area contributed by atoms with Crippen molar-refractivity contribution in [3.8, 4) is 0 Å². The van der Waals surface area contributed by atoms with Gasteiger partial charge in [0, 0.05) is 6.07 Å². The van der Waals surface area contributed by atoms with E-state index in [1.807, 2.05) is 0 Å². The van der Waals surface area contributed by atoms with Gasteiger partial charge in [-0.05, 0) is 25.1 Å². The lowest BCUT2D eigenvalue weighted by molar-refractivity contribution is 0.0697. The van der Waals surface area contributed by atoms with E-state index in [2.05, 4.69) is 5.16 Å². The standard InChI is InChI=1S/C12H10ClNO5S/c1-7-4-8(14-19-7)6-20(17,18)9-2-3-11(13)10(5-9)12(15)16/h2-5H,6H2,1H3,(H,15,16). The van der Waals surface area contributed by atoms with Crippen LogP contribution in [0.4, 0.5) is 0 Å². The molecular formula is C12H10ClNO5S. The molecule has 0 unspecified atom stereocenters. The van der Waals surface area contributed by atoms with Crippen LogP contribution in [0.2, 0.25) is 5.02 Å². The number of carbonyl (C=O) groups is 1. The van der Waals surface area contributed by atoms with E-state index < -0.39 is 15.8 Å². The maximum Gasteiger partial charge on any atom is 0.337 e. The lowest BCUT2D eigenvalue weighted by atomic mass is 10.2. The molecule has 1 heterocycles. The molecule has 0 saturated heterocycles. The van der Waals surface area contributed by atoms with Crippen molar-refractivity contribution < 1.29 is 22.8 Å². The summed E-state index contributed by atoms with van der Waals surface area (Å²) in [5.41, 5.74) is -0.00148. The van der Waals surface area contributed by atoms with Gasteiger partial charge in [-0.3, -0.25) is 0 Å². The molecule has 0 bridgehead atoms. The number of benzene rings is 1. The maximum absolute atomic E-state index is 12.2. The highest BCUT2D eigenvalue weighted by Crippen LogP contribution is 2.23. The number of carboxylic acids is 1. The summed E-state index contributed by atoms with van der Waals surface area (Å²) in [5.74, 6) is -1.16. The van der Waals surface area contributed by atoms with Gasteiger partial charge in [0.1, 0.15) is 11.5 Å². The van der Waals surface area contributed by atoms with E-state index in [1.165, 1.54) is 18.2 Å². The molecule has 2 aromatic rings. The molecule has 0 radical (unpaired) electrons. The van der Waals surface area contributed by atoms with Crippen molar-refractivity contribution in [2.75, 3.05) is 0 Å². The zero-order valence-electron chi connectivity index (χ0n) is 10.3. The van der Waals surface area contributed by atoms with Crippen LogP contribution in [0.15, 0.2) is 33.7 Å². The number of carboxylic acid groups (broad SMARTS) is 1. The minimum atomic E-state index is -3.72. The van der Waals surface area contributed by atoms with E-state index in [9.17, 15) is 13.2 Å². The SMILES string of the molecule is Cc1cc(CS(=O)(=O)c2ccc(Cl)c(C(=O)O)c2)no1. The second-order valence-corrected chi connectivity index (χ2v) is 6.53. The van der Waals surface area contributed by atoms with Crippen LogP contribution in [0.3, 0.4) is 0 Å². The van der Waals surface area contributed by atoms with Gasteiger partial charge in [-0.25, -0.2) is 13.2 Å². The van der Waals surface area contributed by atoms with Crippen molar-refractivity contribution in [3.05, 3.63) is 46.3 Å². The molecule has 0 amide bonds. The summed E-state index contributed by atoms with van der Waals surface area (Å²) in [6, 6.07) is 5.04. The molecule has 1 aromatic heterocycles. The third kappa shape index (κ3) is 3.00. The van der Waals surface area contributed by atoms with Crippen molar-refractivity contribution in [2.45, 2.75) is 17.6 Å². The number of aromatic nitrogens is 1. The molecule has 106 valence electrons. The summed E-state index contributed by atoms with van der Waals surface area (Å²) in [6.45, 7) is 1.65. The zero-order chi connectivity index (χ0) is 14.9. The van der Waals surface area contributed by atoms with Crippen LogP contribution in [0, 0.1) is 6.92 Å². The van der Waals surface area contributed by atoms with E-state index in [1.54, 1.807) is 6.92 Å². The van der Waals surface area contributed by atoms with Gasteiger partial charge in [-0.2, -0.15) is 0 Å². The van der Waals surface area contributed by atoms with Gasteiger partial charge in [0.05, 0.1) is 21.2 Å². The molecule has 0 fully saturated rings. The first-order chi connectivity index (χ1) is 9.29. The third-order valence-electron chi connectivity index (χ3n) is 2.54. The van der Waals surface area contributed by atoms with Crippen molar-refractivity contribution in [3.63, 3.8) is 0 Å². The number of rotatable bonds is 4. The molecule has 20 heavy (non-hydrogen) atoms. The van der Waals surface area contributed by atoms with Crippen molar-refractivity contribution in [1.82, 2.24) is 5.16 Å². The number of aromatic carboxylic acids is 1. The largest absolute Gasteiger partial charge is 0.478 e. The Morgan fingerprint density at radius 2 is 2.10 bits per heavy atom. The van der Waals surface area contributed by atoms with Gasteiger partial charge in [0.15, 0.2) is 9.84 Å². The molecule has 0 aliphatic heterocycles. The minimum Gasteiger partial charge on any atom is -0.478 e. The fourth-order valence-electron chi connectivity index (χ4n) is 1.63. The Morgan fingerprint density at radius 3 is 2.65 bits per heavy atom. The topological polar surface area (TPSA) is 97.5 Å². The Kier molecular flexibility index (Phi) is 3.82. The van der Waals surface area contributed by atoms with Gasteiger partial charge in [0.25, 0.3) is 0 Å². The minimum absolute atomic E-state index is 0.0197. The van der Waals surface area contributed by atoms with Crippen LogP contribution in [-0.2, 0) is 15.6 Å². The summed E-state index contributed by atoms with van der Waals surface area (Å²) in [5, 5.41) is 12.5. The normalized spacial score (nSPS) is 11.5. The lowest BCUT2D eigenvalue weighted by Crippen LogP contribution is -2.07. The Morgan fingerprint density at radius 1 is 1.40 bits per heavy atom. The highest BCUT2D eigenvalue weighted by Gasteiger charge is 2.20. The number of aryl methyl sites for hydroxylation is 1. The number of hydrogen-bond acceptors (Lipinski definition) is 5. The zero-order valence-corrected chi connectivity index (χ0v) is 11.9. The van der Waals surface area contributed by atoms with Crippen LogP contribution < -0.4 is 0 Å². The fourth-order valence-corrected chi connectivity index (χ4v) is 3.09. The van der Waals surface area contributed by atoms with Gasteiger partial charge >= 0.3 is 5.97 Å². The van der Waals surface area contributed by atoms with E-state index in [0.717, 1.165) is 6.07 Å². The molecule has 1 N–H and O–H groups in total. The molecule has 0 aliphatic rings. The fraction of sp³-hybridized carbons (Fsp3) is 0.167. The van der Waals surface area contributed by atoms with Crippen molar-refractivity contribution in [2.24, 2.45) is 0 Å². The number of nitrogens with zero attached hydrogens (tertiary/aromatic N) is 1. The Balaban J connectivity index is 2.39. The lowest BCUT2D eigenvalue weighted by Gasteiger charge is -2.05. The summed E-state index contributed by atoms with van der Waals surface area (Å²) in [4.78, 5) is 10.8. The van der Waals surface area contributed by atoms with Gasteiger partial charge < -0.3 is 9.63 Å². The van der Waals surface area contributed by atoms with E-state index in [0.29, 0.717) is 5.76 Å². The number of hydrogen-bond donors (Lipinski definition) is 1. The van der Waals surface area contributed by atoms with E-state index in [-0.39, 0.29) is 26.9 Å². The van der Waals surface area contributed by atoms with Crippen molar-refractivity contribution >= 4 is 27.4 Å². The molecule has 8 heteroatoms. The first-order valence-corrected chi connectivity index (χ1v) is 7.50. The first kappa shape index (κ1) is 14.5. The highest BCUT2D eigenvalue weighted by molar-refractivity contribution is 7.90. The second kappa shape index (κ2) is 5.26. The average molecular weight is 316 g/mol. The Bertz CT molecular complexity index is 766. The smallest absolute Gasteiger partial charge is 0.337 e. The molecule has 2 rings (SSSR count). The Labute approximate surface area is 119 Å². The summed E-state index contributed by atoms with van der Waals surface area (Å²) in [7, 11) is -3.72. The van der Waals surface area contributed by atoms with Crippen LogP contribution in [-0.4, -0.2) is 24.7 Å². The van der Waals surface area contributed by atoms with E-state index >= 15 is 0 Å². The monoisotopic (exact) mass is 315 g/mol. The van der Waals surface area contributed by atoms with Crippen LogP contribution in [0.1, 0.15) is 21.8 Å². The summed E-state index contributed by atoms with van der Waals surface area (Å²) >= 11 is 5.70. The van der Waals surface area contributed by atoms with Gasteiger partial charge in [-0.1, -0.05) is 16.8 Å². The number of halogens is 1. The molecule has 0 saturated carbocycles. The van der Waals surface area contributed by atoms with Crippen LogP contribution in [0.25, 0.3) is 0 Å². The molecule has 0 atom stereocenters. The average Bonchev–Trinajstić information content (AvgIpc) is 2.73. The van der Waals surface area contributed by atoms with E-state index in [4.69, 9.17) is 21.2 Å². The Hall–Kier alpha value is -1.86. The molecule has 6 nitrogen and oxygen atoms in total. The predicted molar refractivity (Wildman–Crippen MR) is 70.5 cm³/mol. The first-order valence-electron chi connectivity index (χ1n) is 5.47. The van der Waals surface area contributed by atoms with Crippen LogP contribution in [0.5, 0.6) is 0 Å². The highest BCUT2D eigenvalue weighted by atomic mass is 35.5. The summed E-state index contributed by atoms with van der Waals surface area (Å²) in [6.07, 6.45) is 0. The molecule has 0 aliphatic carbocycles. The number of sulfone groups is 1. The van der Waals surface area contributed by atoms with Crippen molar-refractivity contribution in [1.29, 1.82) is 0 Å². The quantitative estimate of drug-likeness (QED) is 0.929. The predicted octanol–water partition coefficient (Wildman–Crippen LogP) is 2.31. The van der Waals surface area contributed by atoms with Gasteiger partial charge in [0.2, 0.25) is 0 Å². The van der Waals surface area contributed by atoms with Gasteiger partial charge in [-0.15, -0.1) is 0 Å². The second-order valence-electron chi connectivity index (χ2n) is 4.13. The molecular weight excluding hydrogens is 306 g/mol. The third-order valence-corrected chi connectivity index (χ3v) is 4.52. The molecule has 1 aromatic carbocycles. The maximum atomic E-state index is 12.2. The van der Waals surface area contributed by atoms with Crippen LogP contribution >= 0.6 is 11.6 Å².